The summed E-state index contributed by atoms with van der Waals surface area (Å²) >= 11 is 0. The number of pyridine rings is 1. The molecule has 3 rings (SSSR count). The van der Waals surface area contributed by atoms with E-state index in [4.69, 9.17) is 10.5 Å². The average Bonchev–Trinajstić information content (AvgIpc) is 3.34. The molecule has 3 heterocycles. The lowest BCUT2D eigenvalue weighted by Crippen LogP contribution is -2.57. The van der Waals surface area contributed by atoms with E-state index in [2.05, 4.69) is 15.3 Å². The Morgan fingerprint density at radius 2 is 2.00 bits per heavy atom. The number of carboxylic acid groups (broad SMARTS) is 1. The molecule has 15 heteroatoms. The maximum Gasteiger partial charge on any atom is 0.329 e. The van der Waals surface area contributed by atoms with Gasteiger partial charge in [0, 0.05) is 12.1 Å². The molecule has 190 valence electrons. The molecule has 1 aliphatic rings. The first-order chi connectivity index (χ1) is 16.5. The Bertz CT molecular complexity index is 1130. The van der Waals surface area contributed by atoms with Crippen LogP contribution in [0.5, 0.6) is 5.75 Å². The molecule has 8 atom stereocenters. The Balaban J connectivity index is 1.75. The first-order valence-corrected chi connectivity index (χ1v) is 10.4. The number of aldehydes is 1. The summed E-state index contributed by atoms with van der Waals surface area (Å²) in [5, 5.41) is 52.3. The Morgan fingerprint density at radius 1 is 1.31 bits per heavy atom. The van der Waals surface area contributed by atoms with Gasteiger partial charge in [0.15, 0.2) is 18.6 Å². The number of aromatic amines is 1. The van der Waals surface area contributed by atoms with Crippen molar-refractivity contribution in [1.29, 1.82) is 0 Å². The molecule has 1 amide bonds. The van der Waals surface area contributed by atoms with Gasteiger partial charge in [0.2, 0.25) is 5.91 Å². The normalized spacial score (nSPS) is 25.4. The fraction of sp³-hybridized carbons (Fsp3) is 0.450. The number of amides is 1. The van der Waals surface area contributed by atoms with Crippen LogP contribution < -0.4 is 16.7 Å². The summed E-state index contributed by atoms with van der Waals surface area (Å²) in [6.45, 7) is 1.42. The molecule has 0 spiro atoms. The van der Waals surface area contributed by atoms with Crippen molar-refractivity contribution in [2.24, 2.45) is 11.7 Å². The molecule has 9 N–H and O–H groups in total. The van der Waals surface area contributed by atoms with Gasteiger partial charge in [-0.2, -0.15) is 0 Å². The van der Waals surface area contributed by atoms with Crippen LogP contribution in [0.2, 0.25) is 0 Å². The van der Waals surface area contributed by atoms with Crippen LogP contribution in [0.3, 0.4) is 0 Å². The van der Waals surface area contributed by atoms with Gasteiger partial charge in [-0.25, -0.2) is 9.59 Å². The topological polar surface area (TPSA) is 250 Å². The molecule has 2 aromatic heterocycles. The molecule has 1 aliphatic heterocycles. The zero-order valence-electron chi connectivity index (χ0n) is 18.3. The molecule has 35 heavy (non-hydrogen) atoms. The number of nitrogens with zero attached hydrogens (tertiary/aromatic N) is 2. The summed E-state index contributed by atoms with van der Waals surface area (Å²) in [6, 6.07) is -0.743. The van der Waals surface area contributed by atoms with E-state index < -0.39 is 66.2 Å². The average molecular weight is 495 g/mol. The lowest BCUT2D eigenvalue weighted by atomic mass is 9.92. The van der Waals surface area contributed by atoms with E-state index in [1.165, 1.54) is 19.1 Å². The molecular weight excluding hydrogens is 470 g/mol. The Hall–Kier alpha value is -3.63. The largest absolute Gasteiger partial charge is 0.506 e. The number of aliphatic hydroxyl groups excluding tert-OH is 3. The highest BCUT2D eigenvalue weighted by Gasteiger charge is 2.50. The van der Waals surface area contributed by atoms with Crippen molar-refractivity contribution >= 4 is 18.2 Å². The van der Waals surface area contributed by atoms with E-state index in [0.717, 1.165) is 17.0 Å². The predicted octanol–water partition coefficient (Wildman–Crippen LogP) is -3.02. The summed E-state index contributed by atoms with van der Waals surface area (Å²) < 4.78 is 6.18. The van der Waals surface area contributed by atoms with Crippen LogP contribution >= 0.6 is 0 Å². The second-order valence-corrected chi connectivity index (χ2v) is 8.11. The molecule has 0 radical (unpaired) electrons. The first-order valence-electron chi connectivity index (χ1n) is 10.4. The van der Waals surface area contributed by atoms with Crippen molar-refractivity contribution in [3.8, 4) is 5.75 Å². The van der Waals surface area contributed by atoms with Crippen LogP contribution in [0.4, 0.5) is 0 Å². The molecule has 0 unspecified atom stereocenters. The van der Waals surface area contributed by atoms with E-state index in [9.17, 15) is 44.7 Å². The van der Waals surface area contributed by atoms with Gasteiger partial charge in [0.1, 0.15) is 30.2 Å². The van der Waals surface area contributed by atoms with Gasteiger partial charge in [-0.1, -0.05) is 6.92 Å². The third-order valence-electron chi connectivity index (χ3n) is 5.77. The minimum Gasteiger partial charge on any atom is -0.506 e. The fourth-order valence-electron chi connectivity index (χ4n) is 3.68. The maximum atomic E-state index is 12.7. The number of aliphatic hydroxyl groups is 3. The zero-order valence-corrected chi connectivity index (χ0v) is 18.3. The lowest BCUT2D eigenvalue weighted by molar-refractivity contribution is -0.149. The van der Waals surface area contributed by atoms with Gasteiger partial charge >= 0.3 is 11.7 Å². The van der Waals surface area contributed by atoms with Crippen molar-refractivity contribution in [2.75, 3.05) is 0 Å². The summed E-state index contributed by atoms with van der Waals surface area (Å²) in [6.07, 6.45) is -5.78. The number of hydrogen-bond donors (Lipinski definition) is 8. The predicted molar refractivity (Wildman–Crippen MR) is 114 cm³/mol. The number of carbonyl (C=O) groups is 3. The smallest absolute Gasteiger partial charge is 0.329 e. The second-order valence-electron chi connectivity index (χ2n) is 8.11. The van der Waals surface area contributed by atoms with Crippen LogP contribution in [0.1, 0.15) is 35.4 Å². The second kappa shape index (κ2) is 10.3. The summed E-state index contributed by atoms with van der Waals surface area (Å²) in [7, 11) is 0. The van der Waals surface area contributed by atoms with Crippen molar-refractivity contribution in [3.05, 3.63) is 46.4 Å². The number of rotatable bonds is 9. The molecule has 1 fully saturated rings. The number of carbonyl (C=O) groups excluding carboxylic acids is 2. The maximum absolute atomic E-state index is 12.7. The van der Waals surface area contributed by atoms with Crippen LogP contribution in [-0.2, 0) is 14.3 Å². The van der Waals surface area contributed by atoms with Crippen LogP contribution in [0.25, 0.3) is 0 Å². The Labute approximate surface area is 196 Å². The van der Waals surface area contributed by atoms with Gasteiger partial charge in [0.25, 0.3) is 0 Å². The number of carboxylic acids is 1. The molecule has 0 aromatic carbocycles. The first kappa shape index (κ1) is 26.0. The van der Waals surface area contributed by atoms with Gasteiger partial charge < -0.3 is 46.3 Å². The number of H-pyrrole nitrogens is 1. The van der Waals surface area contributed by atoms with E-state index in [-0.39, 0.29) is 17.1 Å². The number of aromatic nitrogens is 3. The van der Waals surface area contributed by atoms with E-state index in [1.807, 2.05) is 0 Å². The third kappa shape index (κ3) is 5.23. The number of ether oxygens (including phenoxy) is 1. The van der Waals surface area contributed by atoms with Crippen LogP contribution in [0.15, 0.2) is 29.3 Å². The van der Waals surface area contributed by atoms with E-state index in [0.29, 0.717) is 6.29 Å². The van der Waals surface area contributed by atoms with Crippen molar-refractivity contribution < 1.29 is 44.7 Å². The van der Waals surface area contributed by atoms with Crippen molar-refractivity contribution in [3.63, 3.8) is 0 Å². The number of nitrogens with two attached hydrogens (primary N) is 1. The number of imidazole rings is 1. The molecule has 0 aliphatic carbocycles. The lowest BCUT2D eigenvalue weighted by Gasteiger charge is -2.28. The monoisotopic (exact) mass is 495 g/mol. The Kier molecular flexibility index (Phi) is 7.67. The van der Waals surface area contributed by atoms with Crippen LogP contribution in [0, 0.1) is 5.92 Å². The third-order valence-corrected chi connectivity index (χ3v) is 5.77. The standard InChI is InChI=1S/C20H25N5O10/c1-7(13(28)10-3-2-9(27)4-22-10)11(21)17(31)24-12(19(32)33)16-14(29)15(30)18(35-16)25-5-8(6-26)23-20(25)34/h2-7,11-16,18,27-30H,21H2,1H3,(H,23,34)(H,24,31)(H,32,33)/t7-,11-,12-,13-,14-,15+,16+,18-/m0/s1. The summed E-state index contributed by atoms with van der Waals surface area (Å²) in [5.74, 6) is -3.75. The Morgan fingerprint density at radius 3 is 2.54 bits per heavy atom. The number of hydrogen-bond acceptors (Lipinski definition) is 11. The van der Waals surface area contributed by atoms with Gasteiger partial charge in [-0.3, -0.25) is 19.1 Å². The molecule has 0 bridgehead atoms. The molecule has 0 saturated carbocycles. The van der Waals surface area contributed by atoms with Crippen LogP contribution in [-0.4, -0.2) is 88.6 Å². The SMILES string of the molecule is C[C@@H]([C@H](N)C(=O)N[C@H](C(=O)O)[C@H]1O[C@H](n2cc(C=O)[nH]c2=O)[C@H](O)[C@@H]1O)[C@H](O)c1ccc(O)cn1. The number of aliphatic carboxylic acids is 1. The molecule has 15 nitrogen and oxygen atoms in total. The highest BCUT2D eigenvalue weighted by Crippen LogP contribution is 2.31. The van der Waals surface area contributed by atoms with Crippen molar-refractivity contribution in [1.82, 2.24) is 19.9 Å². The minimum absolute atomic E-state index is 0.112. The molecule has 1 saturated heterocycles. The minimum atomic E-state index is -1.90. The zero-order chi connectivity index (χ0) is 26.0. The summed E-state index contributed by atoms with van der Waals surface area (Å²) in [5.41, 5.74) is 5.03. The highest BCUT2D eigenvalue weighted by atomic mass is 16.6. The van der Waals surface area contributed by atoms with Gasteiger partial charge in [-0.15, -0.1) is 0 Å². The van der Waals surface area contributed by atoms with E-state index >= 15 is 0 Å². The fourth-order valence-corrected chi connectivity index (χ4v) is 3.68. The highest BCUT2D eigenvalue weighted by molar-refractivity contribution is 5.87. The van der Waals surface area contributed by atoms with E-state index in [1.54, 1.807) is 0 Å². The number of nitrogens with one attached hydrogen (secondary N) is 2. The van der Waals surface area contributed by atoms with Gasteiger partial charge in [-0.05, 0) is 12.1 Å². The molecule has 2 aromatic rings. The number of aromatic hydroxyl groups is 1. The molecular formula is C20H25N5O10. The summed E-state index contributed by atoms with van der Waals surface area (Å²) in [4.78, 5) is 53.5. The quantitative estimate of drug-likeness (QED) is 0.162. The van der Waals surface area contributed by atoms with Crippen molar-refractivity contribution in [2.45, 2.75) is 49.7 Å². The van der Waals surface area contributed by atoms with Gasteiger partial charge in [0.05, 0.1) is 23.6 Å².